The van der Waals surface area contributed by atoms with Gasteiger partial charge in [0.15, 0.2) is 0 Å². The second-order valence-corrected chi connectivity index (χ2v) is 7.06. The summed E-state index contributed by atoms with van der Waals surface area (Å²) in [5.74, 6) is 1.61. The average Bonchev–Trinajstić information content (AvgIpc) is 2.39. The van der Waals surface area contributed by atoms with Gasteiger partial charge in [0.1, 0.15) is 0 Å². The van der Waals surface area contributed by atoms with E-state index in [1.165, 1.54) is 35.7 Å². The lowest BCUT2D eigenvalue weighted by Gasteiger charge is -2.37. The molecule has 0 spiro atoms. The fourth-order valence-electron chi connectivity index (χ4n) is 3.40. The number of benzene rings is 1. The van der Waals surface area contributed by atoms with Crippen LogP contribution >= 0.6 is 15.9 Å². The zero-order valence-electron chi connectivity index (χ0n) is 12.3. The first-order valence-electron chi connectivity index (χ1n) is 7.60. The van der Waals surface area contributed by atoms with E-state index in [2.05, 4.69) is 66.3 Å². The molecule has 0 saturated heterocycles. The van der Waals surface area contributed by atoms with Crippen LogP contribution < -0.4 is 5.32 Å². The van der Waals surface area contributed by atoms with Gasteiger partial charge >= 0.3 is 0 Å². The predicted octanol–water partition coefficient (Wildman–Crippen LogP) is 5.31. The molecule has 1 aromatic carbocycles. The number of hydrogen-bond donors (Lipinski definition) is 1. The molecule has 1 N–H and O–H groups in total. The third kappa shape index (κ3) is 3.82. The fraction of sp³-hybridized carbons (Fsp3) is 0.647. The Balaban J connectivity index is 2.05. The highest BCUT2D eigenvalue weighted by Gasteiger charge is 2.28. The van der Waals surface area contributed by atoms with Gasteiger partial charge in [0.25, 0.3) is 0 Å². The molecule has 19 heavy (non-hydrogen) atoms. The third-order valence-electron chi connectivity index (χ3n) is 4.51. The van der Waals surface area contributed by atoms with Gasteiger partial charge in [-0.25, -0.2) is 0 Å². The molecule has 1 saturated carbocycles. The first-order chi connectivity index (χ1) is 9.09. The summed E-state index contributed by atoms with van der Waals surface area (Å²) in [6.07, 6.45) is 5.50. The van der Waals surface area contributed by atoms with Gasteiger partial charge in [-0.2, -0.15) is 0 Å². The van der Waals surface area contributed by atoms with Crippen molar-refractivity contribution in [2.75, 3.05) is 0 Å². The van der Waals surface area contributed by atoms with E-state index in [9.17, 15) is 0 Å². The SMILES string of the molecule is CC(C)C1CCCCC1N[C@H](C)c1ccccc1Br. The minimum Gasteiger partial charge on any atom is -0.307 e. The van der Waals surface area contributed by atoms with Crippen molar-refractivity contribution in [2.45, 2.75) is 58.5 Å². The van der Waals surface area contributed by atoms with Gasteiger partial charge in [-0.1, -0.05) is 60.8 Å². The van der Waals surface area contributed by atoms with E-state index in [0.29, 0.717) is 12.1 Å². The van der Waals surface area contributed by atoms with E-state index in [-0.39, 0.29) is 0 Å². The van der Waals surface area contributed by atoms with Crippen molar-refractivity contribution in [1.82, 2.24) is 5.32 Å². The van der Waals surface area contributed by atoms with Gasteiger partial charge in [-0.3, -0.25) is 0 Å². The number of nitrogens with one attached hydrogen (secondary N) is 1. The van der Waals surface area contributed by atoms with Gasteiger partial charge in [-0.05, 0) is 43.2 Å². The molecule has 1 aliphatic rings. The topological polar surface area (TPSA) is 12.0 Å². The molecule has 0 heterocycles. The number of halogens is 1. The minimum atomic E-state index is 0.417. The highest BCUT2D eigenvalue weighted by Crippen LogP contribution is 2.32. The van der Waals surface area contributed by atoms with E-state index in [1.807, 2.05) is 0 Å². The van der Waals surface area contributed by atoms with Crippen LogP contribution in [0.2, 0.25) is 0 Å². The van der Waals surface area contributed by atoms with Crippen LogP contribution in [0.5, 0.6) is 0 Å². The van der Waals surface area contributed by atoms with Crippen LogP contribution in [0.25, 0.3) is 0 Å². The summed E-state index contributed by atoms with van der Waals surface area (Å²) in [5.41, 5.74) is 1.37. The number of hydrogen-bond acceptors (Lipinski definition) is 1. The Morgan fingerprint density at radius 1 is 1.11 bits per heavy atom. The van der Waals surface area contributed by atoms with E-state index in [1.54, 1.807) is 0 Å². The maximum atomic E-state index is 3.88. The predicted molar refractivity (Wildman–Crippen MR) is 86.3 cm³/mol. The van der Waals surface area contributed by atoms with Gasteiger partial charge in [0, 0.05) is 16.6 Å². The van der Waals surface area contributed by atoms with Gasteiger partial charge in [-0.15, -0.1) is 0 Å². The summed E-state index contributed by atoms with van der Waals surface area (Å²) in [4.78, 5) is 0. The largest absolute Gasteiger partial charge is 0.307 e. The van der Waals surface area contributed by atoms with Crippen LogP contribution in [0.15, 0.2) is 28.7 Å². The van der Waals surface area contributed by atoms with Crippen LogP contribution in [-0.4, -0.2) is 6.04 Å². The molecular formula is C17H26BrN. The summed E-state index contributed by atoms with van der Waals surface area (Å²) in [5, 5.41) is 3.88. The first kappa shape index (κ1) is 15.1. The standard InChI is InChI=1S/C17H26BrN/c1-12(2)14-8-5-7-11-17(14)19-13(3)15-9-4-6-10-16(15)18/h4,6,9-10,12-14,17,19H,5,7-8,11H2,1-3H3/t13-,14?,17?/m1/s1. The van der Waals surface area contributed by atoms with Crippen molar-refractivity contribution < 1.29 is 0 Å². The van der Waals surface area contributed by atoms with Gasteiger partial charge in [0.2, 0.25) is 0 Å². The van der Waals surface area contributed by atoms with Crippen LogP contribution in [0.3, 0.4) is 0 Å². The molecular weight excluding hydrogens is 298 g/mol. The van der Waals surface area contributed by atoms with E-state index in [0.717, 1.165) is 11.8 Å². The molecule has 106 valence electrons. The molecule has 3 atom stereocenters. The maximum Gasteiger partial charge on any atom is 0.0305 e. The van der Waals surface area contributed by atoms with E-state index < -0.39 is 0 Å². The second kappa shape index (κ2) is 6.90. The van der Waals surface area contributed by atoms with E-state index >= 15 is 0 Å². The van der Waals surface area contributed by atoms with Crippen molar-refractivity contribution in [3.8, 4) is 0 Å². The molecule has 2 rings (SSSR count). The van der Waals surface area contributed by atoms with Crippen molar-refractivity contribution in [2.24, 2.45) is 11.8 Å². The lowest BCUT2D eigenvalue weighted by molar-refractivity contribution is 0.194. The summed E-state index contributed by atoms with van der Waals surface area (Å²) >= 11 is 3.67. The highest BCUT2D eigenvalue weighted by molar-refractivity contribution is 9.10. The molecule has 1 aromatic rings. The van der Waals surface area contributed by atoms with Crippen LogP contribution in [-0.2, 0) is 0 Å². The Morgan fingerprint density at radius 2 is 1.79 bits per heavy atom. The van der Waals surface area contributed by atoms with Crippen LogP contribution in [0, 0.1) is 11.8 Å². The quantitative estimate of drug-likeness (QED) is 0.791. The van der Waals surface area contributed by atoms with Gasteiger partial charge in [0.05, 0.1) is 0 Å². The summed E-state index contributed by atoms with van der Waals surface area (Å²) < 4.78 is 1.21. The lowest BCUT2D eigenvalue weighted by atomic mass is 9.77. The van der Waals surface area contributed by atoms with Crippen molar-refractivity contribution in [1.29, 1.82) is 0 Å². The Hall–Kier alpha value is -0.340. The summed E-state index contributed by atoms with van der Waals surface area (Å²) in [6.45, 7) is 7.02. The molecule has 0 bridgehead atoms. The number of rotatable bonds is 4. The average molecular weight is 324 g/mol. The first-order valence-corrected chi connectivity index (χ1v) is 8.39. The van der Waals surface area contributed by atoms with Crippen molar-refractivity contribution >= 4 is 15.9 Å². The molecule has 1 aliphatic carbocycles. The molecule has 2 unspecified atom stereocenters. The van der Waals surface area contributed by atoms with E-state index in [4.69, 9.17) is 0 Å². The molecule has 0 radical (unpaired) electrons. The van der Waals surface area contributed by atoms with Crippen molar-refractivity contribution in [3.63, 3.8) is 0 Å². The van der Waals surface area contributed by atoms with Crippen molar-refractivity contribution in [3.05, 3.63) is 34.3 Å². The lowest BCUT2D eigenvalue weighted by Crippen LogP contribution is -2.42. The second-order valence-electron chi connectivity index (χ2n) is 6.21. The zero-order valence-corrected chi connectivity index (χ0v) is 13.9. The highest BCUT2D eigenvalue weighted by atomic mass is 79.9. The van der Waals surface area contributed by atoms with Gasteiger partial charge < -0.3 is 5.32 Å². The maximum absolute atomic E-state index is 3.88. The molecule has 0 aliphatic heterocycles. The van der Waals surface area contributed by atoms with Crippen LogP contribution in [0.1, 0.15) is 58.1 Å². The van der Waals surface area contributed by atoms with Crippen LogP contribution in [0.4, 0.5) is 0 Å². The summed E-state index contributed by atoms with van der Waals surface area (Å²) in [6, 6.07) is 9.65. The normalized spacial score (nSPS) is 25.5. The summed E-state index contributed by atoms with van der Waals surface area (Å²) in [7, 11) is 0. The minimum absolute atomic E-state index is 0.417. The third-order valence-corrected chi connectivity index (χ3v) is 5.23. The molecule has 1 fully saturated rings. The molecule has 0 aromatic heterocycles. The molecule has 1 nitrogen and oxygen atoms in total. The molecule has 2 heteroatoms. The fourth-order valence-corrected chi connectivity index (χ4v) is 4.03. The molecule has 0 amide bonds. The Labute approximate surface area is 126 Å². The zero-order chi connectivity index (χ0) is 13.8. The monoisotopic (exact) mass is 323 g/mol. The smallest absolute Gasteiger partial charge is 0.0305 e. The Kier molecular flexibility index (Phi) is 5.47. The Morgan fingerprint density at radius 3 is 2.47 bits per heavy atom. The Bertz CT molecular complexity index is 402.